The highest BCUT2D eigenvalue weighted by Crippen LogP contribution is 2.30. The standard InChI is InChI=1S/C13H19BrN2OS/c1-2-16(9-10-5-6-11(14)18-10)12(17)13(15)7-3-4-8-13/h5-6H,2-4,7-9,15H2,1H3. The largest absolute Gasteiger partial charge is 0.336 e. The average Bonchev–Trinajstić information content (AvgIpc) is 2.95. The molecule has 0 unspecified atom stereocenters. The van der Waals surface area contributed by atoms with Crippen molar-refractivity contribution in [2.45, 2.75) is 44.7 Å². The van der Waals surface area contributed by atoms with E-state index >= 15 is 0 Å². The Labute approximate surface area is 120 Å². The third-order valence-corrected chi connectivity index (χ3v) is 5.17. The lowest BCUT2D eigenvalue weighted by Gasteiger charge is -2.30. The molecule has 100 valence electrons. The third kappa shape index (κ3) is 2.95. The molecule has 0 aliphatic heterocycles. The molecule has 0 aromatic carbocycles. The first-order valence-electron chi connectivity index (χ1n) is 6.37. The Morgan fingerprint density at radius 3 is 2.67 bits per heavy atom. The predicted molar refractivity (Wildman–Crippen MR) is 78.5 cm³/mol. The van der Waals surface area contributed by atoms with Gasteiger partial charge in [0.2, 0.25) is 5.91 Å². The summed E-state index contributed by atoms with van der Waals surface area (Å²) in [4.78, 5) is 15.6. The summed E-state index contributed by atoms with van der Waals surface area (Å²) in [6.07, 6.45) is 3.81. The first kappa shape index (κ1) is 14.0. The number of nitrogens with zero attached hydrogens (tertiary/aromatic N) is 1. The molecule has 0 spiro atoms. The number of nitrogens with two attached hydrogens (primary N) is 1. The molecule has 1 aliphatic carbocycles. The van der Waals surface area contributed by atoms with Crippen LogP contribution in [0.4, 0.5) is 0 Å². The molecule has 0 atom stereocenters. The van der Waals surface area contributed by atoms with Crippen LogP contribution in [0.1, 0.15) is 37.5 Å². The van der Waals surface area contributed by atoms with Gasteiger partial charge in [-0.2, -0.15) is 0 Å². The lowest BCUT2D eigenvalue weighted by atomic mass is 9.97. The second-order valence-electron chi connectivity index (χ2n) is 4.89. The van der Waals surface area contributed by atoms with E-state index in [9.17, 15) is 4.79 Å². The van der Waals surface area contributed by atoms with Crippen molar-refractivity contribution >= 4 is 33.2 Å². The minimum Gasteiger partial charge on any atom is -0.336 e. The second kappa shape index (κ2) is 5.72. The predicted octanol–water partition coefficient (Wildman–Crippen LogP) is 3.13. The molecule has 1 aromatic rings. The van der Waals surface area contributed by atoms with Crippen LogP contribution < -0.4 is 5.73 Å². The molecular weight excluding hydrogens is 312 g/mol. The summed E-state index contributed by atoms with van der Waals surface area (Å²) in [5.74, 6) is 0.118. The summed E-state index contributed by atoms with van der Waals surface area (Å²) < 4.78 is 1.10. The van der Waals surface area contributed by atoms with Crippen LogP contribution in [-0.4, -0.2) is 22.9 Å². The zero-order chi connectivity index (χ0) is 13.2. The van der Waals surface area contributed by atoms with Crippen molar-refractivity contribution in [3.8, 4) is 0 Å². The molecule has 2 rings (SSSR count). The van der Waals surface area contributed by atoms with Gasteiger partial charge in [0.1, 0.15) is 0 Å². The van der Waals surface area contributed by atoms with Crippen molar-refractivity contribution in [1.29, 1.82) is 0 Å². The van der Waals surface area contributed by atoms with E-state index in [1.807, 2.05) is 17.9 Å². The Bertz CT molecular complexity index is 426. The maximum absolute atomic E-state index is 12.5. The molecule has 1 saturated carbocycles. The summed E-state index contributed by atoms with van der Waals surface area (Å²) in [6.45, 7) is 3.40. The summed E-state index contributed by atoms with van der Waals surface area (Å²) in [5, 5.41) is 0. The van der Waals surface area contributed by atoms with Crippen LogP contribution in [0.5, 0.6) is 0 Å². The Kier molecular flexibility index (Phi) is 4.45. The fraction of sp³-hybridized carbons (Fsp3) is 0.615. The minimum absolute atomic E-state index is 0.118. The number of amides is 1. The first-order chi connectivity index (χ1) is 8.55. The van der Waals surface area contributed by atoms with Gasteiger partial charge in [0.15, 0.2) is 0 Å². The molecule has 0 saturated heterocycles. The molecule has 1 heterocycles. The van der Waals surface area contributed by atoms with Gasteiger partial charge < -0.3 is 10.6 Å². The summed E-state index contributed by atoms with van der Waals surface area (Å²) >= 11 is 5.12. The van der Waals surface area contributed by atoms with Gasteiger partial charge in [0, 0.05) is 11.4 Å². The van der Waals surface area contributed by atoms with Crippen LogP contribution in [0.3, 0.4) is 0 Å². The molecule has 0 radical (unpaired) electrons. The van der Waals surface area contributed by atoms with Crippen LogP contribution in [-0.2, 0) is 11.3 Å². The Morgan fingerprint density at radius 1 is 1.50 bits per heavy atom. The lowest BCUT2D eigenvalue weighted by Crippen LogP contribution is -2.53. The summed E-state index contributed by atoms with van der Waals surface area (Å²) in [5.41, 5.74) is 5.63. The highest BCUT2D eigenvalue weighted by molar-refractivity contribution is 9.11. The molecule has 1 amide bonds. The van der Waals surface area contributed by atoms with Crippen molar-refractivity contribution in [1.82, 2.24) is 4.90 Å². The van der Waals surface area contributed by atoms with Gasteiger partial charge in [-0.05, 0) is 47.8 Å². The molecule has 3 nitrogen and oxygen atoms in total. The van der Waals surface area contributed by atoms with Crippen LogP contribution in [0.25, 0.3) is 0 Å². The van der Waals surface area contributed by atoms with E-state index in [0.29, 0.717) is 13.1 Å². The van der Waals surface area contributed by atoms with Crippen molar-refractivity contribution in [2.24, 2.45) is 5.73 Å². The first-order valence-corrected chi connectivity index (χ1v) is 7.98. The Balaban J connectivity index is 2.06. The Hall–Kier alpha value is -0.390. The summed E-state index contributed by atoms with van der Waals surface area (Å²) in [6, 6.07) is 4.08. The fourth-order valence-electron chi connectivity index (χ4n) is 2.49. The van der Waals surface area contributed by atoms with Crippen molar-refractivity contribution in [3.63, 3.8) is 0 Å². The quantitative estimate of drug-likeness (QED) is 0.921. The SMILES string of the molecule is CCN(Cc1ccc(Br)s1)C(=O)C1(N)CCCC1. The highest BCUT2D eigenvalue weighted by atomic mass is 79.9. The molecule has 18 heavy (non-hydrogen) atoms. The Morgan fingerprint density at radius 2 is 2.17 bits per heavy atom. The van der Waals surface area contributed by atoms with Crippen molar-refractivity contribution in [3.05, 3.63) is 20.8 Å². The number of hydrogen-bond acceptors (Lipinski definition) is 3. The van der Waals surface area contributed by atoms with Crippen LogP contribution in [0.15, 0.2) is 15.9 Å². The molecule has 5 heteroatoms. The van der Waals surface area contributed by atoms with Gasteiger partial charge in [-0.15, -0.1) is 11.3 Å². The van der Waals surface area contributed by atoms with Gasteiger partial charge in [0.25, 0.3) is 0 Å². The van der Waals surface area contributed by atoms with E-state index in [0.717, 1.165) is 29.5 Å². The van der Waals surface area contributed by atoms with Gasteiger partial charge in [-0.25, -0.2) is 0 Å². The molecule has 1 aliphatic rings. The minimum atomic E-state index is -0.607. The van der Waals surface area contributed by atoms with Crippen molar-refractivity contribution in [2.75, 3.05) is 6.54 Å². The van der Waals surface area contributed by atoms with Gasteiger partial charge in [0.05, 0.1) is 15.9 Å². The number of carbonyl (C=O) groups excluding carboxylic acids is 1. The van der Waals surface area contributed by atoms with Gasteiger partial charge in [-0.3, -0.25) is 4.79 Å². The van der Waals surface area contributed by atoms with Crippen LogP contribution >= 0.6 is 27.3 Å². The van der Waals surface area contributed by atoms with Crippen molar-refractivity contribution < 1.29 is 4.79 Å². The average molecular weight is 331 g/mol. The second-order valence-corrected chi connectivity index (χ2v) is 7.44. The normalized spacial score (nSPS) is 17.9. The van der Waals surface area contributed by atoms with Gasteiger partial charge in [-0.1, -0.05) is 12.8 Å². The number of carbonyl (C=O) groups is 1. The zero-order valence-corrected chi connectivity index (χ0v) is 13.0. The van der Waals surface area contributed by atoms with E-state index in [2.05, 4.69) is 22.0 Å². The molecule has 1 aromatic heterocycles. The van der Waals surface area contributed by atoms with E-state index in [1.54, 1.807) is 11.3 Å². The van der Waals surface area contributed by atoms with E-state index < -0.39 is 5.54 Å². The lowest BCUT2D eigenvalue weighted by molar-refractivity contribution is -0.137. The number of rotatable bonds is 4. The number of likely N-dealkylation sites (N-methyl/N-ethyl adjacent to an activating group) is 1. The monoisotopic (exact) mass is 330 g/mol. The maximum atomic E-state index is 12.5. The third-order valence-electron chi connectivity index (χ3n) is 3.57. The maximum Gasteiger partial charge on any atom is 0.242 e. The van der Waals surface area contributed by atoms with E-state index in [-0.39, 0.29) is 5.91 Å². The molecular formula is C13H19BrN2OS. The molecule has 1 fully saturated rings. The highest BCUT2D eigenvalue weighted by Gasteiger charge is 2.39. The van der Waals surface area contributed by atoms with Crippen LogP contribution in [0, 0.1) is 0 Å². The molecule has 2 N–H and O–H groups in total. The van der Waals surface area contributed by atoms with E-state index in [1.165, 1.54) is 4.88 Å². The number of thiophene rings is 1. The fourth-order valence-corrected chi connectivity index (χ4v) is 3.99. The molecule has 0 bridgehead atoms. The van der Waals surface area contributed by atoms with Crippen LogP contribution in [0.2, 0.25) is 0 Å². The van der Waals surface area contributed by atoms with E-state index in [4.69, 9.17) is 5.73 Å². The topological polar surface area (TPSA) is 46.3 Å². The smallest absolute Gasteiger partial charge is 0.242 e. The number of hydrogen-bond donors (Lipinski definition) is 1. The summed E-state index contributed by atoms with van der Waals surface area (Å²) in [7, 11) is 0. The van der Waals surface area contributed by atoms with Gasteiger partial charge >= 0.3 is 0 Å². The number of halogens is 1. The zero-order valence-electron chi connectivity index (χ0n) is 10.6.